The normalized spacial score (nSPS) is 11.0. The molecule has 0 spiro atoms. The van der Waals surface area contributed by atoms with Crippen LogP contribution in [0.2, 0.25) is 0 Å². The van der Waals surface area contributed by atoms with Crippen LogP contribution in [0.25, 0.3) is 0 Å². The van der Waals surface area contributed by atoms with Gasteiger partial charge in [0.25, 0.3) is 0 Å². The summed E-state index contributed by atoms with van der Waals surface area (Å²) in [4.78, 5) is 7.36. The minimum Gasteiger partial charge on any atom is -0.496 e. The minimum atomic E-state index is 0.0529. The Bertz CT molecular complexity index is 605. The predicted octanol–water partition coefficient (Wildman–Crippen LogP) is 4.16. The number of allylic oxidation sites excluding steroid dienone is 2. The van der Waals surface area contributed by atoms with Crippen molar-refractivity contribution in [3.05, 3.63) is 60.7 Å². The molecule has 0 fully saturated rings. The van der Waals surface area contributed by atoms with Crippen LogP contribution in [0.4, 0.5) is 5.69 Å². The van der Waals surface area contributed by atoms with E-state index in [1.165, 1.54) is 0 Å². The molecule has 0 bridgehead atoms. The molecule has 0 atom stereocenters. The molecule has 25 heavy (non-hydrogen) atoms. The third-order valence-electron chi connectivity index (χ3n) is 3.50. The van der Waals surface area contributed by atoms with E-state index in [4.69, 9.17) is 14.3 Å². The molecule has 0 saturated heterocycles. The lowest BCUT2D eigenvalue weighted by atomic mass is 10.2. The van der Waals surface area contributed by atoms with Crippen LogP contribution >= 0.6 is 0 Å². The Balaban J connectivity index is 2.53. The van der Waals surface area contributed by atoms with Crippen molar-refractivity contribution >= 4 is 11.9 Å². The van der Waals surface area contributed by atoms with Crippen molar-refractivity contribution in [3.63, 3.8) is 0 Å². The monoisotopic (exact) mass is 344 g/mol. The highest BCUT2D eigenvalue weighted by Crippen LogP contribution is 2.24. The number of methoxy groups -OCH3 is 1. The van der Waals surface area contributed by atoms with Crippen LogP contribution in [0.3, 0.4) is 0 Å². The first kappa shape index (κ1) is 20.5. The Labute approximate surface area is 150 Å². The van der Waals surface area contributed by atoms with Gasteiger partial charge in [-0.25, -0.2) is 0 Å². The van der Waals surface area contributed by atoms with Gasteiger partial charge < -0.3 is 19.2 Å². The van der Waals surface area contributed by atoms with Gasteiger partial charge in [-0.3, -0.25) is 0 Å². The van der Waals surface area contributed by atoms with E-state index < -0.39 is 0 Å². The summed E-state index contributed by atoms with van der Waals surface area (Å²) in [6.07, 6.45) is 6.93. The molecule has 0 N–H and O–H groups in total. The molecule has 0 unspecified atom stereocenters. The van der Waals surface area contributed by atoms with Crippen molar-refractivity contribution in [3.8, 4) is 5.75 Å². The average molecular weight is 344 g/mol. The lowest BCUT2D eigenvalue weighted by Crippen LogP contribution is -2.21. The van der Waals surface area contributed by atoms with Crippen LogP contribution in [0.5, 0.6) is 5.75 Å². The fraction of sp³-hybridized carbons (Fsp3) is 0.350. The van der Waals surface area contributed by atoms with Crippen LogP contribution < -0.4 is 9.64 Å². The third kappa shape index (κ3) is 7.27. The topological polar surface area (TPSA) is 43.3 Å². The zero-order valence-electron chi connectivity index (χ0n) is 15.4. The van der Waals surface area contributed by atoms with E-state index in [1.807, 2.05) is 24.3 Å². The molecule has 0 heterocycles. The van der Waals surface area contributed by atoms with Gasteiger partial charge in [-0.15, -0.1) is 0 Å². The van der Waals surface area contributed by atoms with Gasteiger partial charge in [0, 0.05) is 30.4 Å². The van der Waals surface area contributed by atoms with Crippen molar-refractivity contribution in [1.82, 2.24) is 0 Å². The number of nitrogens with zero attached hydrogens (tertiary/aromatic N) is 2. The summed E-state index contributed by atoms with van der Waals surface area (Å²) in [6, 6.07) is 6.01. The number of ether oxygens (including phenoxy) is 2. The highest BCUT2D eigenvalue weighted by molar-refractivity contribution is 5.84. The maximum atomic E-state index is 5.44. The number of rotatable bonds is 12. The average Bonchev–Trinajstić information content (AvgIpc) is 2.64. The first-order chi connectivity index (χ1) is 12.2. The zero-order valence-corrected chi connectivity index (χ0v) is 15.4. The largest absolute Gasteiger partial charge is 0.496 e. The second kappa shape index (κ2) is 11.9. The molecule has 5 nitrogen and oxygen atoms in total. The number of benzene rings is 1. The van der Waals surface area contributed by atoms with Gasteiger partial charge in [-0.1, -0.05) is 36.5 Å². The second-order valence-electron chi connectivity index (χ2n) is 5.18. The Morgan fingerprint density at radius 3 is 2.68 bits per heavy atom. The van der Waals surface area contributed by atoms with Crippen molar-refractivity contribution in [2.75, 3.05) is 38.5 Å². The van der Waals surface area contributed by atoms with E-state index in [0.29, 0.717) is 6.61 Å². The molecular formula is C20H28N2O3. The van der Waals surface area contributed by atoms with Crippen LogP contribution in [-0.2, 0) is 9.57 Å². The molecule has 0 aliphatic heterocycles. The zero-order chi connectivity index (χ0) is 18.5. The van der Waals surface area contributed by atoms with E-state index in [-0.39, 0.29) is 6.79 Å². The van der Waals surface area contributed by atoms with E-state index >= 15 is 0 Å². The summed E-state index contributed by atoms with van der Waals surface area (Å²) in [6.45, 7) is 14.0. The number of hydrogen-bond donors (Lipinski definition) is 0. The van der Waals surface area contributed by atoms with Gasteiger partial charge in [-0.2, -0.15) is 0 Å². The van der Waals surface area contributed by atoms with Gasteiger partial charge in [0.2, 0.25) is 6.79 Å². The summed E-state index contributed by atoms with van der Waals surface area (Å²) >= 11 is 0. The molecule has 0 aromatic heterocycles. The summed E-state index contributed by atoms with van der Waals surface area (Å²) in [5, 5.41) is 3.92. The summed E-state index contributed by atoms with van der Waals surface area (Å²) in [5.74, 6) is 0.751. The fourth-order valence-electron chi connectivity index (χ4n) is 2.18. The summed E-state index contributed by atoms with van der Waals surface area (Å²) in [7, 11) is 1.64. The summed E-state index contributed by atoms with van der Waals surface area (Å²) < 4.78 is 10.7. The molecule has 136 valence electrons. The molecule has 0 aliphatic carbocycles. The quantitative estimate of drug-likeness (QED) is 0.188. The number of hydrogen-bond acceptors (Lipinski definition) is 5. The van der Waals surface area contributed by atoms with Crippen molar-refractivity contribution in [2.45, 2.75) is 13.8 Å². The third-order valence-corrected chi connectivity index (χ3v) is 3.50. The van der Waals surface area contributed by atoms with E-state index in [1.54, 1.807) is 25.5 Å². The number of anilines is 1. The minimum absolute atomic E-state index is 0.0529. The van der Waals surface area contributed by atoms with Gasteiger partial charge >= 0.3 is 0 Å². The van der Waals surface area contributed by atoms with Gasteiger partial charge in [0.15, 0.2) is 0 Å². The summed E-state index contributed by atoms with van der Waals surface area (Å²) in [5.41, 5.74) is 2.80. The van der Waals surface area contributed by atoms with Gasteiger partial charge in [0.05, 0.1) is 19.9 Å². The van der Waals surface area contributed by atoms with E-state index in [0.717, 1.165) is 35.7 Å². The van der Waals surface area contributed by atoms with Crippen LogP contribution in [0.15, 0.2) is 60.3 Å². The molecule has 5 heteroatoms. The first-order valence-corrected chi connectivity index (χ1v) is 8.29. The molecular weight excluding hydrogens is 316 g/mol. The van der Waals surface area contributed by atoms with Crippen LogP contribution in [0, 0.1) is 0 Å². The standard InChI is InChI=1S/C20H28N2O3/c1-6-9-10-17(4)15-24-16-25-21-14-18-11-12-19(13-20(18)23-5)22(7-2)8-3/h6,9-14H,1,4,7-8,15-16H2,2-3,5H3/b10-9-,21-14+. The highest BCUT2D eigenvalue weighted by atomic mass is 16.7. The lowest BCUT2D eigenvalue weighted by molar-refractivity contribution is -0.0428. The maximum absolute atomic E-state index is 5.44. The fourth-order valence-corrected chi connectivity index (χ4v) is 2.18. The first-order valence-electron chi connectivity index (χ1n) is 8.29. The second-order valence-corrected chi connectivity index (χ2v) is 5.18. The van der Waals surface area contributed by atoms with Crippen LogP contribution in [0.1, 0.15) is 19.4 Å². The SMILES string of the molecule is C=C/C=C\C(=C)COCO/N=C/c1ccc(N(CC)CC)cc1OC. The Kier molecular flexibility index (Phi) is 9.78. The number of oxime groups is 1. The molecule has 1 rings (SSSR count). The van der Waals surface area contributed by atoms with Crippen LogP contribution in [-0.4, -0.2) is 39.8 Å². The van der Waals surface area contributed by atoms with Gasteiger partial charge in [0.1, 0.15) is 5.75 Å². The lowest BCUT2D eigenvalue weighted by Gasteiger charge is -2.21. The Hall–Kier alpha value is -2.53. The molecule has 0 saturated carbocycles. The smallest absolute Gasteiger partial charge is 0.216 e. The highest BCUT2D eigenvalue weighted by Gasteiger charge is 2.06. The molecule has 1 aromatic carbocycles. The maximum Gasteiger partial charge on any atom is 0.216 e. The molecule has 0 radical (unpaired) electrons. The Morgan fingerprint density at radius 1 is 1.28 bits per heavy atom. The van der Waals surface area contributed by atoms with Gasteiger partial charge in [-0.05, 0) is 31.6 Å². The van der Waals surface area contributed by atoms with Crippen molar-refractivity contribution < 1.29 is 14.3 Å². The van der Waals surface area contributed by atoms with E-state index in [9.17, 15) is 0 Å². The molecule has 0 amide bonds. The van der Waals surface area contributed by atoms with Crippen molar-refractivity contribution in [1.29, 1.82) is 0 Å². The predicted molar refractivity (Wildman–Crippen MR) is 105 cm³/mol. The molecule has 0 aliphatic rings. The van der Waals surface area contributed by atoms with Crippen molar-refractivity contribution in [2.24, 2.45) is 5.16 Å². The Morgan fingerprint density at radius 2 is 2.04 bits per heavy atom. The van der Waals surface area contributed by atoms with E-state index in [2.05, 4.69) is 37.1 Å². The molecule has 1 aromatic rings.